The molecule has 0 radical (unpaired) electrons. The Kier molecular flexibility index (Phi) is 7.52. The number of ether oxygens (including phenoxy) is 2. The summed E-state index contributed by atoms with van der Waals surface area (Å²) in [6, 6.07) is 0. The number of nitrogens with zero attached hydrogens (tertiary/aromatic N) is 3. The Bertz CT molecular complexity index is 346. The molecule has 2 heterocycles. The maximum Gasteiger partial charge on any atom is 0.106 e. The van der Waals surface area contributed by atoms with E-state index in [0.717, 1.165) is 50.4 Å². The van der Waals surface area contributed by atoms with Crippen molar-refractivity contribution in [2.75, 3.05) is 26.3 Å². The molecule has 0 unspecified atom stereocenters. The van der Waals surface area contributed by atoms with Crippen molar-refractivity contribution in [3.8, 4) is 0 Å². The Morgan fingerprint density at radius 1 is 1.17 bits per heavy atom. The standard InChI is InChI=1S/C6H9N3O.C6H11NO/c7-9-8-5-6-3-1-2-4-10-6;7-5-6-3-1-2-4-8-6/h3H,1-2,4-5H2;3H,1-2,4-5,7H2. The highest BCUT2D eigenvalue weighted by molar-refractivity contribution is 4.98. The molecule has 100 valence electrons. The fourth-order valence-corrected chi connectivity index (χ4v) is 1.57. The van der Waals surface area contributed by atoms with E-state index in [1.807, 2.05) is 6.08 Å². The minimum absolute atomic E-state index is 0.358. The van der Waals surface area contributed by atoms with Crippen LogP contribution in [0, 0.1) is 0 Å². The van der Waals surface area contributed by atoms with Gasteiger partial charge < -0.3 is 15.2 Å². The summed E-state index contributed by atoms with van der Waals surface area (Å²) >= 11 is 0. The molecule has 0 spiro atoms. The van der Waals surface area contributed by atoms with Gasteiger partial charge in [-0.3, -0.25) is 0 Å². The molecule has 0 saturated heterocycles. The van der Waals surface area contributed by atoms with Gasteiger partial charge in [-0.15, -0.1) is 0 Å². The lowest BCUT2D eigenvalue weighted by Gasteiger charge is -2.12. The number of hydrogen-bond acceptors (Lipinski definition) is 4. The van der Waals surface area contributed by atoms with Crippen molar-refractivity contribution in [2.24, 2.45) is 10.8 Å². The van der Waals surface area contributed by atoms with Gasteiger partial charge in [-0.25, -0.2) is 0 Å². The van der Waals surface area contributed by atoms with E-state index in [4.69, 9.17) is 20.7 Å². The van der Waals surface area contributed by atoms with Gasteiger partial charge in [0.05, 0.1) is 32.1 Å². The number of azide groups is 1. The summed E-state index contributed by atoms with van der Waals surface area (Å²) in [5.74, 6) is 1.76. The lowest BCUT2D eigenvalue weighted by Crippen LogP contribution is -2.10. The normalized spacial score (nSPS) is 17.8. The van der Waals surface area contributed by atoms with Crippen molar-refractivity contribution in [1.29, 1.82) is 0 Å². The van der Waals surface area contributed by atoms with E-state index in [1.165, 1.54) is 0 Å². The maximum atomic E-state index is 7.97. The van der Waals surface area contributed by atoms with Gasteiger partial charge >= 0.3 is 0 Å². The minimum Gasteiger partial charge on any atom is -0.498 e. The summed E-state index contributed by atoms with van der Waals surface area (Å²) in [5, 5.41) is 3.38. The van der Waals surface area contributed by atoms with Crippen LogP contribution >= 0.6 is 0 Å². The summed E-state index contributed by atoms with van der Waals surface area (Å²) in [7, 11) is 0. The second-order valence-corrected chi connectivity index (χ2v) is 3.92. The van der Waals surface area contributed by atoms with E-state index in [2.05, 4.69) is 16.1 Å². The van der Waals surface area contributed by atoms with Crippen molar-refractivity contribution < 1.29 is 9.47 Å². The van der Waals surface area contributed by atoms with Crippen molar-refractivity contribution in [1.82, 2.24) is 0 Å². The third-order valence-electron chi connectivity index (χ3n) is 2.51. The molecule has 0 aromatic carbocycles. The van der Waals surface area contributed by atoms with E-state index in [9.17, 15) is 0 Å². The third-order valence-corrected chi connectivity index (χ3v) is 2.51. The molecule has 2 N–H and O–H groups in total. The maximum absolute atomic E-state index is 7.97. The minimum atomic E-state index is 0.358. The Hall–Kier alpha value is -1.65. The number of nitrogens with two attached hydrogens (primary N) is 1. The van der Waals surface area contributed by atoms with Gasteiger partial charge in [-0.2, -0.15) is 0 Å². The molecule has 0 saturated carbocycles. The molecule has 0 amide bonds. The highest BCUT2D eigenvalue weighted by Crippen LogP contribution is 2.09. The first kappa shape index (κ1) is 14.4. The van der Waals surface area contributed by atoms with Crippen LogP contribution in [0.2, 0.25) is 0 Å². The predicted molar refractivity (Wildman–Crippen MR) is 69.6 cm³/mol. The zero-order chi connectivity index (χ0) is 13.1. The molecule has 0 aromatic rings. The zero-order valence-electron chi connectivity index (χ0n) is 10.5. The van der Waals surface area contributed by atoms with Gasteiger partial charge in [0.15, 0.2) is 0 Å². The fourth-order valence-electron chi connectivity index (χ4n) is 1.57. The molecule has 0 fully saturated rings. The van der Waals surface area contributed by atoms with Crippen LogP contribution in [0.25, 0.3) is 10.4 Å². The van der Waals surface area contributed by atoms with Gasteiger partial charge in [0.2, 0.25) is 0 Å². The van der Waals surface area contributed by atoms with Crippen LogP contribution in [0.3, 0.4) is 0 Å². The van der Waals surface area contributed by atoms with Crippen molar-refractivity contribution in [3.63, 3.8) is 0 Å². The Labute approximate surface area is 107 Å². The van der Waals surface area contributed by atoms with Gasteiger partial charge in [0, 0.05) is 4.91 Å². The fraction of sp³-hybridized carbons (Fsp3) is 0.667. The number of allylic oxidation sites excluding steroid dienone is 2. The number of rotatable bonds is 3. The van der Waals surface area contributed by atoms with Gasteiger partial charge in [0.1, 0.15) is 5.76 Å². The summed E-state index contributed by atoms with van der Waals surface area (Å²) in [5.41, 5.74) is 13.3. The van der Waals surface area contributed by atoms with Gasteiger partial charge in [0.25, 0.3) is 0 Å². The van der Waals surface area contributed by atoms with Crippen molar-refractivity contribution in [2.45, 2.75) is 25.7 Å². The lowest BCUT2D eigenvalue weighted by atomic mass is 10.2. The molecule has 2 aliphatic rings. The van der Waals surface area contributed by atoms with E-state index in [-0.39, 0.29) is 0 Å². The summed E-state index contributed by atoms with van der Waals surface area (Å²) < 4.78 is 10.3. The lowest BCUT2D eigenvalue weighted by molar-refractivity contribution is 0.191. The van der Waals surface area contributed by atoms with Crippen LogP contribution in [0.4, 0.5) is 0 Å². The molecule has 0 bridgehead atoms. The summed E-state index contributed by atoms with van der Waals surface area (Å²) in [6.07, 6.45) is 8.41. The van der Waals surface area contributed by atoms with Crippen LogP contribution in [0.15, 0.2) is 28.8 Å². The quantitative estimate of drug-likeness (QED) is 0.475. The molecule has 6 nitrogen and oxygen atoms in total. The Morgan fingerprint density at radius 3 is 2.17 bits per heavy atom. The first-order chi connectivity index (χ1) is 8.86. The second kappa shape index (κ2) is 9.39. The monoisotopic (exact) mass is 252 g/mol. The van der Waals surface area contributed by atoms with E-state index >= 15 is 0 Å². The molecule has 0 aliphatic carbocycles. The van der Waals surface area contributed by atoms with E-state index < -0.39 is 0 Å². The van der Waals surface area contributed by atoms with Gasteiger partial charge in [-0.1, -0.05) is 5.11 Å². The van der Waals surface area contributed by atoms with Crippen LogP contribution in [-0.4, -0.2) is 26.3 Å². The van der Waals surface area contributed by atoms with Gasteiger partial charge in [-0.05, 0) is 43.4 Å². The molecule has 0 aromatic heterocycles. The highest BCUT2D eigenvalue weighted by atomic mass is 16.5. The van der Waals surface area contributed by atoms with Crippen LogP contribution < -0.4 is 5.73 Å². The topological polar surface area (TPSA) is 93.2 Å². The first-order valence-electron chi connectivity index (χ1n) is 6.21. The van der Waals surface area contributed by atoms with Crippen LogP contribution in [0.1, 0.15) is 25.7 Å². The zero-order valence-corrected chi connectivity index (χ0v) is 10.5. The van der Waals surface area contributed by atoms with E-state index in [1.54, 1.807) is 0 Å². The van der Waals surface area contributed by atoms with Crippen molar-refractivity contribution >= 4 is 0 Å². The number of hydrogen-bond donors (Lipinski definition) is 1. The smallest absolute Gasteiger partial charge is 0.106 e. The molecule has 2 rings (SSSR count). The average molecular weight is 252 g/mol. The average Bonchev–Trinajstić information content (AvgIpc) is 2.48. The SMILES string of the molecule is NCC1=CCCCO1.[N-]=[N+]=NCC1=CCCCO1. The first-order valence-corrected chi connectivity index (χ1v) is 6.21. The van der Waals surface area contributed by atoms with Crippen LogP contribution in [-0.2, 0) is 9.47 Å². The second-order valence-electron chi connectivity index (χ2n) is 3.92. The molecule has 2 aliphatic heterocycles. The van der Waals surface area contributed by atoms with Crippen molar-refractivity contribution in [3.05, 3.63) is 34.1 Å². The molecule has 6 heteroatoms. The van der Waals surface area contributed by atoms with Crippen LogP contribution in [0.5, 0.6) is 0 Å². The Balaban J connectivity index is 0.000000184. The predicted octanol–water partition coefficient (Wildman–Crippen LogP) is 2.63. The summed E-state index contributed by atoms with van der Waals surface area (Å²) in [4.78, 5) is 2.63. The largest absolute Gasteiger partial charge is 0.498 e. The summed E-state index contributed by atoms with van der Waals surface area (Å²) in [6.45, 7) is 2.52. The molecule has 18 heavy (non-hydrogen) atoms. The molecule has 0 atom stereocenters. The Morgan fingerprint density at radius 2 is 1.78 bits per heavy atom. The highest BCUT2D eigenvalue weighted by Gasteiger charge is 2.01. The molecular weight excluding hydrogens is 232 g/mol. The van der Waals surface area contributed by atoms with E-state index in [0.29, 0.717) is 13.1 Å². The third kappa shape index (κ3) is 6.18. The molecular formula is C12H20N4O2.